The van der Waals surface area contributed by atoms with Crippen molar-refractivity contribution >= 4 is 5.82 Å². The van der Waals surface area contributed by atoms with E-state index in [1.807, 2.05) is 0 Å². The van der Waals surface area contributed by atoms with Crippen molar-refractivity contribution in [2.24, 2.45) is 5.73 Å². The molecule has 0 fully saturated rings. The lowest BCUT2D eigenvalue weighted by Gasteiger charge is -1.94. The van der Waals surface area contributed by atoms with E-state index in [1.165, 1.54) is 0 Å². The van der Waals surface area contributed by atoms with Gasteiger partial charge in [0, 0.05) is 6.54 Å². The number of hydrogen-bond donors (Lipinski definition) is 2. The van der Waals surface area contributed by atoms with Crippen molar-refractivity contribution in [3.63, 3.8) is 0 Å². The molecule has 0 aromatic carbocycles. The highest BCUT2D eigenvalue weighted by molar-refractivity contribution is 5.19. The van der Waals surface area contributed by atoms with Crippen molar-refractivity contribution in [1.82, 2.24) is 15.0 Å². The molecule has 0 spiro atoms. The van der Waals surface area contributed by atoms with E-state index in [0.717, 1.165) is 13.0 Å². The van der Waals surface area contributed by atoms with Gasteiger partial charge in [-0.05, 0) is 13.0 Å². The number of aromatic nitrogens is 3. The Morgan fingerprint density at radius 2 is 2.40 bits per heavy atom. The molecule has 0 atom stereocenters. The minimum atomic E-state index is 0.456. The molecule has 1 heterocycles. The molecule has 0 bridgehead atoms. The maximum Gasteiger partial charge on any atom is 0.165 e. The van der Waals surface area contributed by atoms with Gasteiger partial charge in [0.15, 0.2) is 5.82 Å². The van der Waals surface area contributed by atoms with Crippen molar-refractivity contribution in [3.05, 3.63) is 6.20 Å². The number of nitrogens with two attached hydrogens (primary N) is 2. The Kier molecular flexibility index (Phi) is 2.22. The zero-order valence-electron chi connectivity index (χ0n) is 5.70. The minimum Gasteiger partial charge on any atom is -0.381 e. The summed E-state index contributed by atoms with van der Waals surface area (Å²) >= 11 is 0. The van der Waals surface area contributed by atoms with Crippen LogP contribution < -0.4 is 11.5 Å². The fourth-order valence-electron chi connectivity index (χ4n) is 0.676. The molecule has 5 nitrogen and oxygen atoms in total. The second-order valence-electron chi connectivity index (χ2n) is 2.05. The van der Waals surface area contributed by atoms with Gasteiger partial charge in [-0.2, -0.15) is 0 Å². The van der Waals surface area contributed by atoms with Crippen LogP contribution in [-0.2, 0) is 6.54 Å². The molecule has 0 radical (unpaired) electrons. The Morgan fingerprint density at radius 1 is 1.60 bits per heavy atom. The van der Waals surface area contributed by atoms with Gasteiger partial charge in [-0.1, -0.05) is 5.21 Å². The molecule has 1 aromatic heterocycles. The first-order valence-corrected chi connectivity index (χ1v) is 3.18. The third-order valence-corrected chi connectivity index (χ3v) is 1.15. The van der Waals surface area contributed by atoms with Gasteiger partial charge in [0.25, 0.3) is 0 Å². The number of anilines is 1. The first kappa shape index (κ1) is 7.01. The monoisotopic (exact) mass is 141 g/mol. The first-order chi connectivity index (χ1) is 4.83. The van der Waals surface area contributed by atoms with Crippen LogP contribution in [0.4, 0.5) is 5.82 Å². The van der Waals surface area contributed by atoms with Gasteiger partial charge in [0.1, 0.15) is 0 Å². The number of hydrogen-bond acceptors (Lipinski definition) is 4. The molecule has 1 rings (SSSR count). The molecule has 0 amide bonds. The molecule has 10 heavy (non-hydrogen) atoms. The normalized spacial score (nSPS) is 10.1. The Balaban J connectivity index is 2.42. The highest BCUT2D eigenvalue weighted by Gasteiger charge is 1.92. The van der Waals surface area contributed by atoms with E-state index in [-0.39, 0.29) is 0 Å². The molecular formula is C5H11N5. The zero-order chi connectivity index (χ0) is 7.40. The standard InChI is InChI=1S/C5H11N5/c6-2-1-3-10-4-5(7)8-9-10/h4H,1-3,6-7H2. The van der Waals surface area contributed by atoms with Gasteiger partial charge >= 0.3 is 0 Å². The van der Waals surface area contributed by atoms with Crippen molar-refractivity contribution in [2.45, 2.75) is 13.0 Å². The third-order valence-electron chi connectivity index (χ3n) is 1.15. The summed E-state index contributed by atoms with van der Waals surface area (Å²) in [5, 5.41) is 7.36. The van der Waals surface area contributed by atoms with Crippen LogP contribution in [0.25, 0.3) is 0 Å². The largest absolute Gasteiger partial charge is 0.381 e. The summed E-state index contributed by atoms with van der Waals surface area (Å²) < 4.78 is 1.68. The molecule has 0 aliphatic heterocycles. The number of rotatable bonds is 3. The Labute approximate surface area is 59.0 Å². The lowest BCUT2D eigenvalue weighted by molar-refractivity contribution is 0.564. The van der Waals surface area contributed by atoms with E-state index in [1.54, 1.807) is 10.9 Å². The third kappa shape index (κ3) is 1.70. The predicted octanol–water partition coefficient (Wildman–Crippen LogP) is -0.791. The maximum absolute atomic E-state index is 5.32. The molecule has 56 valence electrons. The summed E-state index contributed by atoms with van der Waals surface area (Å²) in [5.74, 6) is 0.456. The van der Waals surface area contributed by atoms with E-state index < -0.39 is 0 Å². The number of nitrogen functional groups attached to an aromatic ring is 1. The highest BCUT2D eigenvalue weighted by Crippen LogP contribution is 1.92. The fourth-order valence-corrected chi connectivity index (χ4v) is 0.676. The van der Waals surface area contributed by atoms with Crippen molar-refractivity contribution in [3.8, 4) is 0 Å². The summed E-state index contributed by atoms with van der Waals surface area (Å²) in [4.78, 5) is 0. The quantitative estimate of drug-likeness (QED) is 0.577. The summed E-state index contributed by atoms with van der Waals surface area (Å²) in [6, 6.07) is 0. The summed E-state index contributed by atoms with van der Waals surface area (Å²) in [6.45, 7) is 1.46. The number of nitrogens with zero attached hydrogens (tertiary/aromatic N) is 3. The van der Waals surface area contributed by atoms with Gasteiger partial charge in [0.2, 0.25) is 0 Å². The highest BCUT2D eigenvalue weighted by atomic mass is 15.4. The molecule has 0 saturated carbocycles. The minimum absolute atomic E-state index is 0.456. The van der Waals surface area contributed by atoms with Crippen LogP contribution in [0.3, 0.4) is 0 Å². The van der Waals surface area contributed by atoms with Crippen LogP contribution >= 0.6 is 0 Å². The van der Waals surface area contributed by atoms with Gasteiger partial charge in [-0.15, -0.1) is 5.10 Å². The van der Waals surface area contributed by atoms with Crippen molar-refractivity contribution < 1.29 is 0 Å². The Morgan fingerprint density at radius 3 is 2.90 bits per heavy atom. The molecule has 4 N–H and O–H groups in total. The van der Waals surface area contributed by atoms with E-state index >= 15 is 0 Å². The van der Waals surface area contributed by atoms with Crippen LogP contribution in [0.15, 0.2) is 6.20 Å². The molecule has 0 saturated heterocycles. The SMILES string of the molecule is NCCCn1cc(N)nn1. The molecular weight excluding hydrogens is 130 g/mol. The lowest BCUT2D eigenvalue weighted by atomic mass is 10.4. The van der Waals surface area contributed by atoms with Crippen LogP contribution in [0.2, 0.25) is 0 Å². The second-order valence-corrected chi connectivity index (χ2v) is 2.05. The van der Waals surface area contributed by atoms with Gasteiger partial charge in [-0.25, -0.2) is 0 Å². The first-order valence-electron chi connectivity index (χ1n) is 3.18. The van der Waals surface area contributed by atoms with Crippen molar-refractivity contribution in [1.29, 1.82) is 0 Å². The van der Waals surface area contributed by atoms with Gasteiger partial charge < -0.3 is 11.5 Å². The van der Waals surface area contributed by atoms with E-state index in [4.69, 9.17) is 11.5 Å². The van der Waals surface area contributed by atoms with Gasteiger partial charge in [-0.3, -0.25) is 4.68 Å². The second kappa shape index (κ2) is 3.17. The molecule has 0 unspecified atom stereocenters. The smallest absolute Gasteiger partial charge is 0.165 e. The van der Waals surface area contributed by atoms with Crippen LogP contribution in [0.1, 0.15) is 6.42 Å². The average molecular weight is 141 g/mol. The summed E-state index contributed by atoms with van der Waals surface area (Å²) in [6.07, 6.45) is 2.60. The topological polar surface area (TPSA) is 82.8 Å². The molecule has 1 aromatic rings. The molecule has 5 heteroatoms. The number of aryl methyl sites for hydroxylation is 1. The average Bonchev–Trinajstić information content (AvgIpc) is 2.31. The predicted molar refractivity (Wildman–Crippen MR) is 38.1 cm³/mol. The zero-order valence-corrected chi connectivity index (χ0v) is 5.70. The molecule has 0 aliphatic rings. The van der Waals surface area contributed by atoms with E-state index in [2.05, 4.69) is 10.3 Å². The van der Waals surface area contributed by atoms with Crippen LogP contribution in [-0.4, -0.2) is 21.5 Å². The van der Waals surface area contributed by atoms with E-state index in [9.17, 15) is 0 Å². The van der Waals surface area contributed by atoms with Crippen LogP contribution in [0, 0.1) is 0 Å². The fraction of sp³-hybridized carbons (Fsp3) is 0.600. The Hall–Kier alpha value is -1.10. The Bertz CT molecular complexity index is 194. The summed E-state index contributed by atoms with van der Waals surface area (Å²) in [7, 11) is 0. The lowest BCUT2D eigenvalue weighted by Crippen LogP contribution is -2.06. The van der Waals surface area contributed by atoms with E-state index in [0.29, 0.717) is 12.4 Å². The van der Waals surface area contributed by atoms with Crippen molar-refractivity contribution in [2.75, 3.05) is 12.3 Å². The summed E-state index contributed by atoms with van der Waals surface area (Å²) in [5.41, 5.74) is 10.6. The molecule has 0 aliphatic carbocycles. The maximum atomic E-state index is 5.32. The van der Waals surface area contributed by atoms with Crippen LogP contribution in [0.5, 0.6) is 0 Å². The van der Waals surface area contributed by atoms with Gasteiger partial charge in [0.05, 0.1) is 6.20 Å².